The molecule has 4 aromatic rings. The molecule has 5 amide bonds. The summed E-state index contributed by atoms with van der Waals surface area (Å²) in [6.45, 7) is 9.93. The third-order valence-electron chi connectivity index (χ3n) is 8.83. The van der Waals surface area contributed by atoms with Crippen LogP contribution in [-0.2, 0) is 40.3 Å². The molecule has 308 valence electrons. The first kappa shape index (κ1) is 44.7. The lowest BCUT2D eigenvalue weighted by molar-refractivity contribution is -0.124. The number of nitrogens with zero attached hydrogens (tertiary/aromatic N) is 3. The molecule has 0 aliphatic carbocycles. The Morgan fingerprint density at radius 3 is 2.14 bits per heavy atom. The summed E-state index contributed by atoms with van der Waals surface area (Å²) in [5.74, 6) is -0.108. The zero-order valence-corrected chi connectivity index (χ0v) is 35.4. The fourth-order valence-electron chi connectivity index (χ4n) is 5.90. The van der Waals surface area contributed by atoms with Gasteiger partial charge in [-0.25, -0.2) is 19.4 Å². The molecule has 2 aromatic heterocycles. The van der Waals surface area contributed by atoms with Crippen LogP contribution in [0.15, 0.2) is 77.8 Å². The van der Waals surface area contributed by atoms with Crippen molar-refractivity contribution in [2.24, 2.45) is 0 Å². The lowest BCUT2D eigenvalue weighted by atomic mass is 9.96. The van der Waals surface area contributed by atoms with Crippen LogP contribution in [0, 0.1) is 0 Å². The van der Waals surface area contributed by atoms with Crippen molar-refractivity contribution in [3.63, 3.8) is 0 Å². The van der Waals surface area contributed by atoms with E-state index in [4.69, 9.17) is 9.47 Å². The number of urea groups is 1. The van der Waals surface area contributed by atoms with E-state index >= 15 is 0 Å². The number of nitrogens with one attached hydrogen (secondary N) is 4. The molecule has 3 atom stereocenters. The molecule has 0 aliphatic heterocycles. The minimum atomic E-state index is -0.976. The molecule has 0 spiro atoms. The molecule has 57 heavy (non-hydrogen) atoms. The SMILES string of the molecule is CC(C)c1nc(CN(C)C(=O)N[C@@H](CCNC(=O)OC(C)(C)C)C(=O)N[C@H](CCc2ccccc2)CC[C@@H](Cc2ccccc2)NC(=O)OCc2cncs2)cs1. The lowest BCUT2D eigenvalue weighted by Crippen LogP contribution is -2.53. The molecule has 0 fully saturated rings. The van der Waals surface area contributed by atoms with E-state index in [-0.39, 0.29) is 50.0 Å². The number of alkyl carbamates (subject to hydrolysis) is 2. The zero-order chi connectivity index (χ0) is 41.2. The monoisotopic (exact) mass is 819 g/mol. The minimum Gasteiger partial charge on any atom is -0.444 e. The van der Waals surface area contributed by atoms with Crippen LogP contribution in [0.25, 0.3) is 0 Å². The Morgan fingerprint density at radius 2 is 1.51 bits per heavy atom. The van der Waals surface area contributed by atoms with Crippen molar-refractivity contribution in [1.82, 2.24) is 36.1 Å². The molecule has 4 N–H and O–H groups in total. The summed E-state index contributed by atoms with van der Waals surface area (Å²) in [5.41, 5.74) is 3.94. The normalized spacial score (nSPS) is 12.9. The van der Waals surface area contributed by atoms with Gasteiger partial charge in [0, 0.05) is 43.2 Å². The maximum Gasteiger partial charge on any atom is 0.407 e. The van der Waals surface area contributed by atoms with E-state index < -0.39 is 29.9 Å². The van der Waals surface area contributed by atoms with Crippen LogP contribution in [0.3, 0.4) is 0 Å². The highest BCUT2D eigenvalue weighted by molar-refractivity contribution is 7.09. The molecule has 15 heteroatoms. The fraction of sp³-hybridized carbons (Fsp3) is 0.476. The summed E-state index contributed by atoms with van der Waals surface area (Å²) in [5, 5.41) is 14.8. The topological polar surface area (TPSA) is 164 Å². The summed E-state index contributed by atoms with van der Waals surface area (Å²) in [7, 11) is 1.66. The summed E-state index contributed by atoms with van der Waals surface area (Å²) >= 11 is 2.96. The zero-order valence-electron chi connectivity index (χ0n) is 33.8. The summed E-state index contributed by atoms with van der Waals surface area (Å²) in [6, 6.07) is 17.9. The average molecular weight is 820 g/mol. The van der Waals surface area contributed by atoms with Crippen LogP contribution in [-0.4, -0.2) is 76.3 Å². The molecule has 2 aromatic carbocycles. The molecule has 0 saturated carbocycles. The minimum absolute atomic E-state index is 0.0855. The third-order valence-corrected chi connectivity index (χ3v) is 10.8. The highest BCUT2D eigenvalue weighted by Crippen LogP contribution is 2.20. The quantitative estimate of drug-likeness (QED) is 0.0709. The molecule has 0 radical (unpaired) electrons. The van der Waals surface area contributed by atoms with Gasteiger partial charge in [-0.1, -0.05) is 74.5 Å². The van der Waals surface area contributed by atoms with E-state index in [1.54, 1.807) is 50.9 Å². The van der Waals surface area contributed by atoms with Gasteiger partial charge in [0.1, 0.15) is 18.2 Å². The standard InChI is InChI=1S/C42H57N7O6S2/c1-29(2)38-46-34(27-56-38)25-49(6)39(51)48-36(21-22-44-40(52)55-42(3,4)5)37(50)45-32(18-17-30-13-9-7-10-14-30)19-20-33(23-31-15-11-8-12-16-31)47-41(53)54-26-35-24-43-28-57-35/h7-16,24,27-29,32-33,36H,17-23,25-26H2,1-6H3,(H,44,52)(H,45,50)(H,47,53)(H,48,51)/t32-,33+,36+/m1/s1. The van der Waals surface area contributed by atoms with Gasteiger partial charge < -0.3 is 35.6 Å². The Labute approximate surface area is 344 Å². The highest BCUT2D eigenvalue weighted by atomic mass is 32.1. The summed E-state index contributed by atoms with van der Waals surface area (Å²) < 4.78 is 10.9. The van der Waals surface area contributed by atoms with Crippen LogP contribution >= 0.6 is 22.7 Å². The van der Waals surface area contributed by atoms with Crippen molar-refractivity contribution in [2.75, 3.05) is 13.6 Å². The molecular formula is C42H57N7O6S2. The first-order chi connectivity index (χ1) is 27.2. The average Bonchev–Trinajstić information content (AvgIpc) is 3.87. The van der Waals surface area contributed by atoms with Gasteiger partial charge in [-0.05, 0) is 70.4 Å². The Kier molecular flexibility index (Phi) is 17.8. The summed E-state index contributed by atoms with van der Waals surface area (Å²) in [6.07, 6.45) is 3.59. The van der Waals surface area contributed by atoms with Crippen molar-refractivity contribution in [3.05, 3.63) is 104 Å². The van der Waals surface area contributed by atoms with Gasteiger partial charge >= 0.3 is 18.2 Å². The van der Waals surface area contributed by atoms with E-state index in [1.807, 2.05) is 66.0 Å². The number of amides is 5. The van der Waals surface area contributed by atoms with Gasteiger partial charge in [-0.15, -0.1) is 22.7 Å². The van der Waals surface area contributed by atoms with Gasteiger partial charge in [0.15, 0.2) is 0 Å². The van der Waals surface area contributed by atoms with E-state index in [2.05, 4.69) is 45.1 Å². The lowest BCUT2D eigenvalue weighted by Gasteiger charge is -2.27. The van der Waals surface area contributed by atoms with Crippen LogP contribution in [0.4, 0.5) is 14.4 Å². The number of hydrogen-bond acceptors (Lipinski definition) is 10. The number of ether oxygens (including phenoxy) is 2. The van der Waals surface area contributed by atoms with Gasteiger partial charge in [0.2, 0.25) is 5.91 Å². The van der Waals surface area contributed by atoms with E-state index in [1.165, 1.54) is 16.2 Å². The van der Waals surface area contributed by atoms with Gasteiger partial charge in [0.05, 0.1) is 27.6 Å². The molecule has 13 nitrogen and oxygen atoms in total. The fourth-order valence-corrected chi connectivity index (χ4v) is 7.23. The van der Waals surface area contributed by atoms with Crippen LogP contribution < -0.4 is 21.3 Å². The Morgan fingerprint density at radius 1 is 0.825 bits per heavy atom. The van der Waals surface area contributed by atoms with Crippen LogP contribution in [0.1, 0.15) is 92.9 Å². The Balaban J connectivity index is 1.48. The van der Waals surface area contributed by atoms with Crippen molar-refractivity contribution in [2.45, 2.75) is 116 Å². The molecule has 0 unspecified atom stereocenters. The number of carbonyl (C=O) groups is 4. The molecule has 4 rings (SSSR count). The molecular weight excluding hydrogens is 763 g/mol. The van der Waals surface area contributed by atoms with Crippen LogP contribution in [0.2, 0.25) is 0 Å². The van der Waals surface area contributed by atoms with Crippen LogP contribution in [0.5, 0.6) is 0 Å². The number of benzene rings is 2. The molecule has 2 heterocycles. The predicted octanol–water partition coefficient (Wildman–Crippen LogP) is 7.58. The van der Waals surface area contributed by atoms with Gasteiger partial charge in [-0.3, -0.25) is 9.78 Å². The van der Waals surface area contributed by atoms with E-state index in [0.29, 0.717) is 32.1 Å². The molecule has 0 saturated heterocycles. The highest BCUT2D eigenvalue weighted by Gasteiger charge is 2.27. The molecule has 0 aliphatic rings. The maximum atomic E-state index is 14.2. The van der Waals surface area contributed by atoms with Crippen molar-refractivity contribution in [3.8, 4) is 0 Å². The van der Waals surface area contributed by atoms with Gasteiger partial charge in [0.25, 0.3) is 0 Å². The second-order valence-electron chi connectivity index (χ2n) is 15.3. The number of rotatable bonds is 20. The Hall–Kier alpha value is -5.02. The number of thiazole rings is 2. The van der Waals surface area contributed by atoms with E-state index in [0.717, 1.165) is 26.7 Å². The second kappa shape index (κ2) is 22.7. The number of aryl methyl sites for hydroxylation is 1. The maximum absolute atomic E-state index is 14.2. The number of hydrogen-bond donors (Lipinski definition) is 4. The second-order valence-corrected chi connectivity index (χ2v) is 17.1. The number of carbonyl (C=O) groups excluding carboxylic acids is 4. The number of aromatic nitrogens is 2. The smallest absolute Gasteiger partial charge is 0.407 e. The van der Waals surface area contributed by atoms with Crippen molar-refractivity contribution in [1.29, 1.82) is 0 Å². The molecule has 0 bridgehead atoms. The van der Waals surface area contributed by atoms with Crippen molar-refractivity contribution < 1.29 is 28.7 Å². The largest absolute Gasteiger partial charge is 0.444 e. The Bertz CT molecular complexity index is 1820. The van der Waals surface area contributed by atoms with Crippen molar-refractivity contribution >= 4 is 46.8 Å². The van der Waals surface area contributed by atoms with E-state index in [9.17, 15) is 19.2 Å². The third kappa shape index (κ3) is 16.9. The first-order valence-electron chi connectivity index (χ1n) is 19.4. The predicted molar refractivity (Wildman–Crippen MR) is 224 cm³/mol. The summed E-state index contributed by atoms with van der Waals surface area (Å²) in [4.78, 5) is 64.2. The van der Waals surface area contributed by atoms with Gasteiger partial charge in [-0.2, -0.15) is 0 Å². The first-order valence-corrected chi connectivity index (χ1v) is 21.1.